The highest BCUT2D eigenvalue weighted by atomic mass is 16.5. The average molecular weight is 871 g/mol. The number of benzene rings is 2. The first kappa shape index (κ1) is 45.4. The average Bonchev–Trinajstić information content (AvgIpc) is 3.29. The normalized spacial score (nSPS) is 32.9. The first-order chi connectivity index (χ1) is 30.5. The largest absolute Gasteiger partial charge is 0.504 e. The monoisotopic (exact) mass is 871 g/mol. The summed E-state index contributed by atoms with van der Waals surface area (Å²) in [6.45, 7) is 4.82. The molecule has 0 amide bonds. The number of phenols is 2. The molecule has 2 unspecified atom stereocenters. The number of fused-ring (bicyclic) bond motifs is 12. The molecule has 2 aromatic carbocycles. The lowest BCUT2D eigenvalue weighted by Crippen LogP contribution is -2.65. The maximum atomic E-state index is 12.4. The van der Waals surface area contributed by atoms with E-state index in [0.717, 1.165) is 86.7 Å². The van der Waals surface area contributed by atoms with Crippen molar-refractivity contribution in [1.29, 1.82) is 0 Å². The second-order valence-corrected chi connectivity index (χ2v) is 19.2. The number of piperidine rings is 8. The van der Waals surface area contributed by atoms with Crippen molar-refractivity contribution < 1.29 is 44.2 Å². The number of aliphatic hydroxyl groups is 1. The Labute approximate surface area is 373 Å². The number of esters is 1. The molecule has 4 bridgehead atoms. The van der Waals surface area contributed by atoms with E-state index in [4.69, 9.17) is 19.3 Å². The number of carboxylic acid groups (broad SMARTS) is 1. The van der Waals surface area contributed by atoms with Gasteiger partial charge in [0.15, 0.2) is 23.0 Å². The number of hydrogen-bond donors (Lipinski definition) is 4. The van der Waals surface area contributed by atoms with Gasteiger partial charge < -0.3 is 34.6 Å². The van der Waals surface area contributed by atoms with E-state index in [1.165, 1.54) is 123 Å². The third kappa shape index (κ3) is 11.0. The number of carbonyl (C=O) groups excluding carboxylic acids is 1. The molecule has 10 rings (SSSR count). The van der Waals surface area contributed by atoms with Crippen LogP contribution in [0.2, 0.25) is 0 Å². The van der Waals surface area contributed by atoms with Crippen LogP contribution in [0, 0.1) is 0 Å². The number of carboxylic acids is 1. The Morgan fingerprint density at radius 2 is 1.00 bits per heavy atom. The van der Waals surface area contributed by atoms with Crippen LogP contribution < -0.4 is 9.47 Å². The molecule has 8 aliphatic heterocycles. The van der Waals surface area contributed by atoms with Gasteiger partial charge in [0.1, 0.15) is 6.10 Å². The summed E-state index contributed by atoms with van der Waals surface area (Å²) in [6, 6.07) is 15.6. The number of ether oxygens (including phenoxy) is 3. The van der Waals surface area contributed by atoms with Crippen molar-refractivity contribution in [2.45, 2.75) is 163 Å². The highest BCUT2D eigenvalue weighted by Crippen LogP contribution is 2.43. The Hall–Kier alpha value is -4.14. The lowest BCUT2D eigenvalue weighted by Gasteiger charge is -2.58. The highest BCUT2D eigenvalue weighted by molar-refractivity contribution is 5.87. The van der Waals surface area contributed by atoms with E-state index in [2.05, 4.69) is 19.6 Å². The van der Waals surface area contributed by atoms with Crippen LogP contribution in [0.5, 0.6) is 23.0 Å². The SMILES string of the molecule is COc1cc(/C=C/C(=O)O)ccc1O.COc1cc(/C=C\C(=O)OC2CCN3[C@@H]4C[C@@H](C[C@@H]3C2)N2CCCC[C@@H]2C4)ccc1O.OC1CCN2[C@@H]3C[C@@H](C[C@@H]2C1)N1CCCC[C@@H]1C3. The van der Waals surface area contributed by atoms with Gasteiger partial charge in [-0.3, -0.25) is 19.6 Å². The standard InChI is InChI=1S/C25H34N2O4.C15H26N2O.C10H10O4/c1-30-24-12-17(5-7-23(24)28)6-8-25(29)31-22-9-11-27-19-13-18-4-2-3-10-26(18)20(14-19)15-21(27)16-22;18-15-4-6-17-12-7-11-3-1-2-5-16(11)13(8-12)9-14(17)10-15;1-14-9-6-7(2-4-8(9)11)3-5-10(12)13/h5-8,12,18-22,28H,2-4,9-11,13-16H2,1H3;11-15,18H,1-10H2;2-6,11H,1H3,(H,12,13)/b8-6-;;5-3+/t18-,19+,20+,21-,22?;11-,12+,13+,14-,15?;/m11./s1. The van der Waals surface area contributed by atoms with Crippen molar-refractivity contribution >= 4 is 24.1 Å². The maximum absolute atomic E-state index is 12.4. The van der Waals surface area contributed by atoms with Crippen molar-refractivity contribution in [1.82, 2.24) is 19.6 Å². The van der Waals surface area contributed by atoms with E-state index in [0.29, 0.717) is 29.1 Å². The van der Waals surface area contributed by atoms with Crippen molar-refractivity contribution in [3.63, 3.8) is 0 Å². The van der Waals surface area contributed by atoms with E-state index >= 15 is 0 Å². The van der Waals surface area contributed by atoms with Crippen molar-refractivity contribution in [2.24, 2.45) is 0 Å². The predicted octanol–water partition coefficient (Wildman–Crippen LogP) is 6.68. The summed E-state index contributed by atoms with van der Waals surface area (Å²) >= 11 is 0. The summed E-state index contributed by atoms with van der Waals surface area (Å²) in [5.74, 6) is -0.490. The molecule has 344 valence electrons. The van der Waals surface area contributed by atoms with Crippen LogP contribution in [0.4, 0.5) is 0 Å². The van der Waals surface area contributed by atoms with Gasteiger partial charge in [0.2, 0.25) is 0 Å². The number of phenolic OH excluding ortho intramolecular Hbond substituents is 2. The number of carbonyl (C=O) groups is 2. The summed E-state index contributed by atoms with van der Waals surface area (Å²) in [7, 11) is 2.94. The van der Waals surface area contributed by atoms with Gasteiger partial charge in [-0.1, -0.05) is 25.0 Å². The number of rotatable bonds is 7. The number of nitrogens with zero attached hydrogens (tertiary/aromatic N) is 4. The van der Waals surface area contributed by atoms with Crippen molar-refractivity contribution in [2.75, 3.05) is 40.4 Å². The van der Waals surface area contributed by atoms with Gasteiger partial charge in [0, 0.05) is 80.0 Å². The van der Waals surface area contributed by atoms with Gasteiger partial charge in [0.25, 0.3) is 0 Å². The Morgan fingerprint density at radius 1 is 0.556 bits per heavy atom. The molecule has 0 saturated carbocycles. The molecular weight excluding hydrogens is 801 g/mol. The first-order valence-corrected chi connectivity index (χ1v) is 23.8. The van der Waals surface area contributed by atoms with E-state index < -0.39 is 5.97 Å². The highest BCUT2D eigenvalue weighted by Gasteiger charge is 2.48. The molecule has 0 aliphatic carbocycles. The minimum Gasteiger partial charge on any atom is -0.504 e. The molecule has 13 heteroatoms. The molecule has 0 spiro atoms. The lowest BCUT2D eigenvalue weighted by atomic mass is 9.76. The van der Waals surface area contributed by atoms with Gasteiger partial charge in [-0.05, 0) is 144 Å². The molecule has 10 atom stereocenters. The molecule has 0 radical (unpaired) electrons. The Bertz CT molecular complexity index is 1940. The first-order valence-electron chi connectivity index (χ1n) is 23.8. The summed E-state index contributed by atoms with van der Waals surface area (Å²) < 4.78 is 15.8. The van der Waals surface area contributed by atoms with Crippen LogP contribution in [0.1, 0.15) is 114 Å². The number of aromatic hydroxyl groups is 2. The Kier molecular flexibility index (Phi) is 15.0. The van der Waals surface area contributed by atoms with Crippen LogP contribution in [-0.2, 0) is 14.3 Å². The molecule has 2 aromatic rings. The Morgan fingerprint density at radius 3 is 1.51 bits per heavy atom. The predicted molar refractivity (Wildman–Crippen MR) is 242 cm³/mol. The van der Waals surface area contributed by atoms with Crippen LogP contribution in [0.3, 0.4) is 0 Å². The van der Waals surface area contributed by atoms with Crippen molar-refractivity contribution in [3.05, 3.63) is 59.7 Å². The zero-order valence-corrected chi connectivity index (χ0v) is 37.3. The molecule has 13 nitrogen and oxygen atoms in total. The number of aliphatic hydroxyl groups excluding tert-OH is 1. The van der Waals surface area contributed by atoms with Crippen LogP contribution >= 0.6 is 0 Å². The second-order valence-electron chi connectivity index (χ2n) is 19.2. The molecule has 8 fully saturated rings. The zero-order valence-electron chi connectivity index (χ0n) is 37.3. The Balaban J connectivity index is 0.000000144. The van der Waals surface area contributed by atoms with Crippen molar-refractivity contribution in [3.8, 4) is 23.0 Å². The van der Waals surface area contributed by atoms with E-state index in [-0.39, 0.29) is 29.7 Å². The minimum absolute atomic E-state index is 0.00346. The molecule has 8 aliphatic rings. The fourth-order valence-corrected chi connectivity index (χ4v) is 12.6. The van der Waals surface area contributed by atoms with Crippen LogP contribution in [0.15, 0.2) is 48.6 Å². The van der Waals surface area contributed by atoms with E-state index in [9.17, 15) is 24.9 Å². The van der Waals surface area contributed by atoms with Crippen LogP contribution in [-0.4, -0.2) is 153 Å². The molecule has 8 heterocycles. The van der Waals surface area contributed by atoms with Crippen LogP contribution in [0.25, 0.3) is 12.2 Å². The topological polar surface area (TPSA) is 156 Å². The number of hydrogen-bond acceptors (Lipinski definition) is 12. The third-order valence-electron chi connectivity index (χ3n) is 15.5. The second kappa shape index (κ2) is 20.8. The molecule has 8 saturated heterocycles. The molecule has 4 N–H and O–H groups in total. The van der Waals surface area contributed by atoms with Gasteiger partial charge in [0.05, 0.1) is 20.3 Å². The van der Waals surface area contributed by atoms with E-state index in [1.807, 2.05) is 0 Å². The summed E-state index contributed by atoms with van der Waals surface area (Å²) in [4.78, 5) is 33.8. The van der Waals surface area contributed by atoms with Gasteiger partial charge in [-0.15, -0.1) is 0 Å². The van der Waals surface area contributed by atoms with Gasteiger partial charge in [-0.25, -0.2) is 9.59 Å². The number of aliphatic carboxylic acids is 1. The maximum Gasteiger partial charge on any atom is 0.331 e. The molecule has 63 heavy (non-hydrogen) atoms. The lowest BCUT2D eigenvalue weighted by molar-refractivity contribution is -0.150. The number of methoxy groups -OCH3 is 2. The summed E-state index contributed by atoms with van der Waals surface area (Å²) in [5.41, 5.74) is 1.44. The van der Waals surface area contributed by atoms with E-state index in [1.54, 1.807) is 36.4 Å². The van der Waals surface area contributed by atoms with Gasteiger partial charge in [-0.2, -0.15) is 0 Å². The smallest absolute Gasteiger partial charge is 0.331 e. The zero-order chi connectivity index (χ0) is 44.0. The fraction of sp³-hybridized carbons (Fsp3) is 0.640. The third-order valence-corrected chi connectivity index (χ3v) is 15.5. The van der Waals surface area contributed by atoms with Gasteiger partial charge >= 0.3 is 11.9 Å². The molecular formula is C50H70N4O9. The molecule has 0 aromatic heterocycles. The summed E-state index contributed by atoms with van der Waals surface area (Å²) in [5, 5.41) is 37.2. The quantitative estimate of drug-likeness (QED) is 0.173. The fourth-order valence-electron chi connectivity index (χ4n) is 12.6. The minimum atomic E-state index is -1.02. The summed E-state index contributed by atoms with van der Waals surface area (Å²) in [6.07, 6.45) is 26.0.